The molecular formula is C16H26O4. The third kappa shape index (κ3) is 7.01. The van der Waals surface area contributed by atoms with Crippen LogP contribution in [0.3, 0.4) is 0 Å². The molecule has 2 atom stereocenters. The molecule has 114 valence electrons. The highest BCUT2D eigenvalue weighted by molar-refractivity contribution is 5.22. The van der Waals surface area contributed by atoms with E-state index in [1.54, 1.807) is 0 Å². The van der Waals surface area contributed by atoms with E-state index in [0.717, 1.165) is 11.1 Å². The fourth-order valence-corrected chi connectivity index (χ4v) is 1.67. The van der Waals surface area contributed by atoms with Crippen molar-refractivity contribution in [1.29, 1.82) is 0 Å². The van der Waals surface area contributed by atoms with Crippen LogP contribution in [-0.4, -0.2) is 35.6 Å². The van der Waals surface area contributed by atoms with Crippen LogP contribution in [0.25, 0.3) is 0 Å². The van der Waals surface area contributed by atoms with Gasteiger partial charge in [-0.2, -0.15) is 0 Å². The average molecular weight is 282 g/mol. The number of aliphatic hydroxyl groups excluding tert-OH is 2. The molecule has 0 saturated heterocycles. The molecule has 1 aromatic rings. The monoisotopic (exact) mass is 282 g/mol. The minimum absolute atomic E-state index is 0.361. The summed E-state index contributed by atoms with van der Waals surface area (Å²) in [5, 5.41) is 18.8. The lowest BCUT2D eigenvalue weighted by atomic mass is 10.1. The van der Waals surface area contributed by atoms with Gasteiger partial charge in [-0.25, -0.2) is 0 Å². The molecule has 4 heteroatoms. The first kappa shape index (κ1) is 17.1. The largest absolute Gasteiger partial charge is 0.391 e. The zero-order chi connectivity index (χ0) is 14.8. The first-order valence-electron chi connectivity index (χ1n) is 7.25. The molecular weight excluding hydrogens is 256 g/mol. The Bertz CT molecular complexity index is 336. The Morgan fingerprint density at radius 3 is 1.75 bits per heavy atom. The van der Waals surface area contributed by atoms with Gasteiger partial charge in [-0.1, -0.05) is 38.1 Å². The fourth-order valence-electron chi connectivity index (χ4n) is 1.67. The van der Waals surface area contributed by atoms with Gasteiger partial charge in [0.05, 0.1) is 38.6 Å². The highest BCUT2D eigenvalue weighted by Gasteiger charge is 2.03. The van der Waals surface area contributed by atoms with Crippen molar-refractivity contribution in [2.24, 2.45) is 0 Å². The van der Waals surface area contributed by atoms with Crippen LogP contribution in [0.4, 0.5) is 0 Å². The SMILES string of the molecule is CCC(O)COCc1cccc(COCC(O)CC)c1. The van der Waals surface area contributed by atoms with Crippen molar-refractivity contribution in [3.63, 3.8) is 0 Å². The highest BCUT2D eigenvalue weighted by atomic mass is 16.5. The molecule has 20 heavy (non-hydrogen) atoms. The third-order valence-corrected chi connectivity index (χ3v) is 3.09. The van der Waals surface area contributed by atoms with Crippen molar-refractivity contribution in [3.05, 3.63) is 35.4 Å². The molecule has 0 fully saturated rings. The molecule has 0 aliphatic carbocycles. The fraction of sp³-hybridized carbons (Fsp3) is 0.625. The van der Waals surface area contributed by atoms with E-state index in [1.807, 2.05) is 38.1 Å². The Kier molecular flexibility index (Phi) is 8.46. The molecule has 0 aromatic heterocycles. The third-order valence-electron chi connectivity index (χ3n) is 3.09. The van der Waals surface area contributed by atoms with Gasteiger partial charge in [-0.3, -0.25) is 0 Å². The number of hydrogen-bond donors (Lipinski definition) is 2. The topological polar surface area (TPSA) is 58.9 Å². The number of ether oxygens (including phenoxy) is 2. The summed E-state index contributed by atoms with van der Waals surface area (Å²) in [4.78, 5) is 0. The molecule has 2 N–H and O–H groups in total. The van der Waals surface area contributed by atoms with E-state index in [2.05, 4.69) is 0 Å². The number of rotatable bonds is 10. The average Bonchev–Trinajstić information content (AvgIpc) is 2.47. The Morgan fingerprint density at radius 1 is 0.900 bits per heavy atom. The Labute approximate surface area is 121 Å². The molecule has 0 radical (unpaired) electrons. The van der Waals surface area contributed by atoms with Crippen molar-refractivity contribution in [3.8, 4) is 0 Å². The Morgan fingerprint density at radius 2 is 1.35 bits per heavy atom. The van der Waals surface area contributed by atoms with E-state index >= 15 is 0 Å². The normalized spacial score (nSPS) is 14.2. The van der Waals surface area contributed by atoms with Gasteiger partial charge in [0.2, 0.25) is 0 Å². The standard InChI is InChI=1S/C16H26O4/c1-3-15(17)11-19-9-13-6-5-7-14(8-13)10-20-12-16(18)4-2/h5-8,15-18H,3-4,9-12H2,1-2H3. The van der Waals surface area contributed by atoms with Crippen molar-refractivity contribution in [1.82, 2.24) is 0 Å². The van der Waals surface area contributed by atoms with E-state index in [-0.39, 0.29) is 0 Å². The summed E-state index contributed by atoms with van der Waals surface area (Å²) in [6.07, 6.45) is 0.621. The first-order chi connectivity index (χ1) is 9.65. The van der Waals surface area contributed by atoms with Crippen LogP contribution in [0, 0.1) is 0 Å². The van der Waals surface area contributed by atoms with Crippen LogP contribution in [0.5, 0.6) is 0 Å². The van der Waals surface area contributed by atoms with E-state index in [1.165, 1.54) is 0 Å². The smallest absolute Gasteiger partial charge is 0.0771 e. The van der Waals surface area contributed by atoms with E-state index in [4.69, 9.17) is 9.47 Å². The quantitative estimate of drug-likeness (QED) is 0.691. The summed E-state index contributed by atoms with van der Waals surface area (Å²) in [6, 6.07) is 7.96. The van der Waals surface area contributed by atoms with Gasteiger partial charge in [0.15, 0.2) is 0 Å². The van der Waals surface area contributed by atoms with Crippen LogP contribution in [0.1, 0.15) is 37.8 Å². The molecule has 1 aromatic carbocycles. The van der Waals surface area contributed by atoms with Crippen LogP contribution < -0.4 is 0 Å². The lowest BCUT2D eigenvalue weighted by molar-refractivity contribution is 0.0250. The summed E-state index contributed by atoms with van der Waals surface area (Å²) >= 11 is 0. The van der Waals surface area contributed by atoms with Gasteiger partial charge in [0.1, 0.15) is 0 Å². The van der Waals surface area contributed by atoms with E-state index in [0.29, 0.717) is 39.3 Å². The Balaban J connectivity index is 2.33. The number of benzene rings is 1. The first-order valence-corrected chi connectivity index (χ1v) is 7.25. The summed E-state index contributed by atoms with van der Waals surface area (Å²) in [5.41, 5.74) is 2.12. The summed E-state index contributed by atoms with van der Waals surface area (Å²) in [7, 11) is 0. The lowest BCUT2D eigenvalue weighted by Gasteiger charge is -2.11. The maximum absolute atomic E-state index is 9.41. The number of hydrogen-bond acceptors (Lipinski definition) is 4. The Hall–Kier alpha value is -0.940. The van der Waals surface area contributed by atoms with Gasteiger partial charge < -0.3 is 19.7 Å². The van der Waals surface area contributed by atoms with Crippen LogP contribution in [0.15, 0.2) is 24.3 Å². The summed E-state index contributed by atoms with van der Waals surface area (Å²) in [5.74, 6) is 0. The number of aliphatic hydroxyl groups is 2. The lowest BCUT2D eigenvalue weighted by Crippen LogP contribution is -2.14. The molecule has 0 aliphatic heterocycles. The molecule has 0 amide bonds. The molecule has 4 nitrogen and oxygen atoms in total. The molecule has 0 heterocycles. The van der Waals surface area contributed by atoms with Gasteiger partial charge in [0, 0.05) is 0 Å². The maximum Gasteiger partial charge on any atom is 0.0771 e. The predicted molar refractivity (Wildman–Crippen MR) is 78.3 cm³/mol. The van der Waals surface area contributed by atoms with Crippen molar-refractivity contribution < 1.29 is 19.7 Å². The zero-order valence-corrected chi connectivity index (χ0v) is 12.4. The predicted octanol–water partition coefficient (Wildman–Crippen LogP) is 2.26. The molecule has 0 saturated carbocycles. The van der Waals surface area contributed by atoms with Crippen molar-refractivity contribution >= 4 is 0 Å². The van der Waals surface area contributed by atoms with E-state index in [9.17, 15) is 10.2 Å². The van der Waals surface area contributed by atoms with Gasteiger partial charge in [-0.15, -0.1) is 0 Å². The minimum Gasteiger partial charge on any atom is -0.391 e. The molecule has 0 bridgehead atoms. The van der Waals surface area contributed by atoms with Crippen LogP contribution in [0.2, 0.25) is 0 Å². The summed E-state index contributed by atoms with van der Waals surface area (Å²) < 4.78 is 10.9. The second kappa shape index (κ2) is 9.88. The van der Waals surface area contributed by atoms with Crippen LogP contribution >= 0.6 is 0 Å². The van der Waals surface area contributed by atoms with Gasteiger partial charge in [0.25, 0.3) is 0 Å². The second-order valence-corrected chi connectivity index (χ2v) is 4.97. The van der Waals surface area contributed by atoms with Gasteiger partial charge >= 0.3 is 0 Å². The van der Waals surface area contributed by atoms with Crippen molar-refractivity contribution in [2.75, 3.05) is 13.2 Å². The summed E-state index contributed by atoms with van der Waals surface area (Å²) in [6.45, 7) is 5.55. The highest BCUT2D eigenvalue weighted by Crippen LogP contribution is 2.09. The van der Waals surface area contributed by atoms with Crippen LogP contribution in [-0.2, 0) is 22.7 Å². The second-order valence-electron chi connectivity index (χ2n) is 4.97. The molecule has 1 rings (SSSR count). The molecule has 0 aliphatic rings. The molecule has 2 unspecified atom stereocenters. The maximum atomic E-state index is 9.41. The minimum atomic E-state index is -0.392. The zero-order valence-electron chi connectivity index (χ0n) is 12.4. The molecule has 0 spiro atoms. The van der Waals surface area contributed by atoms with Crippen molar-refractivity contribution in [2.45, 2.75) is 52.1 Å². The van der Waals surface area contributed by atoms with Gasteiger partial charge in [-0.05, 0) is 24.0 Å². The van der Waals surface area contributed by atoms with E-state index < -0.39 is 12.2 Å².